The number of hydrogen-bond donors (Lipinski definition) is 0. The second kappa shape index (κ2) is 9.83. The average Bonchev–Trinajstić information content (AvgIpc) is 2.85. The molecule has 0 aliphatic carbocycles. The summed E-state index contributed by atoms with van der Waals surface area (Å²) in [5, 5.41) is 0.755. The maximum Gasteiger partial charge on any atom is 0.266 e. The molecule has 28 heavy (non-hydrogen) atoms. The molecule has 1 heterocycles. The molecule has 0 radical (unpaired) electrons. The van der Waals surface area contributed by atoms with E-state index < -0.39 is 0 Å². The van der Waals surface area contributed by atoms with Gasteiger partial charge in [-0.3, -0.25) is 14.7 Å². The van der Waals surface area contributed by atoms with Gasteiger partial charge in [0, 0.05) is 12.1 Å². The maximum atomic E-state index is 12.9. The van der Waals surface area contributed by atoms with Gasteiger partial charge in [-0.2, -0.15) is 0 Å². The first-order valence-corrected chi connectivity index (χ1v) is 11.2. The van der Waals surface area contributed by atoms with E-state index in [1.165, 1.54) is 11.8 Å². The van der Waals surface area contributed by atoms with Gasteiger partial charge in [0.1, 0.15) is 0 Å². The van der Waals surface area contributed by atoms with E-state index in [0.717, 1.165) is 15.2 Å². The molecule has 5 nitrogen and oxygen atoms in total. The Morgan fingerprint density at radius 3 is 2.43 bits per heavy atom. The van der Waals surface area contributed by atoms with Gasteiger partial charge in [0.05, 0.1) is 22.1 Å². The molecule has 0 bridgehead atoms. The fraction of sp³-hybridized carbons (Fsp3) is 0.524. The van der Waals surface area contributed by atoms with Gasteiger partial charge in [0.15, 0.2) is 16.7 Å². The zero-order valence-electron chi connectivity index (χ0n) is 17.6. The number of thioether (sulfide) groups is 1. The molecule has 1 aromatic rings. The summed E-state index contributed by atoms with van der Waals surface area (Å²) in [5.41, 5.74) is 0.872. The number of carbonyl (C=O) groups excluding carboxylic acids is 1. The van der Waals surface area contributed by atoms with E-state index in [0.29, 0.717) is 23.0 Å². The SMILES string of the molecule is CCOc1cc(/C=C2/SC(=NC(C)C)N(C(C)C)C2=O)cc(Br)c1OC(C)C. The summed E-state index contributed by atoms with van der Waals surface area (Å²) in [4.78, 5) is 20.0. The van der Waals surface area contributed by atoms with Gasteiger partial charge >= 0.3 is 0 Å². The van der Waals surface area contributed by atoms with Crippen molar-refractivity contribution in [2.24, 2.45) is 4.99 Å². The highest BCUT2D eigenvalue weighted by Crippen LogP contribution is 2.40. The molecule has 0 aromatic heterocycles. The Morgan fingerprint density at radius 1 is 1.21 bits per heavy atom. The largest absolute Gasteiger partial charge is 0.490 e. The molecule has 7 heteroatoms. The molecule has 0 unspecified atom stereocenters. The topological polar surface area (TPSA) is 51.1 Å². The number of halogens is 1. The van der Waals surface area contributed by atoms with Gasteiger partial charge in [0.25, 0.3) is 5.91 Å². The van der Waals surface area contributed by atoms with Crippen molar-refractivity contribution in [3.63, 3.8) is 0 Å². The molecule has 1 aliphatic rings. The second-order valence-corrected chi connectivity index (χ2v) is 9.18. The number of rotatable bonds is 7. The van der Waals surface area contributed by atoms with Crippen molar-refractivity contribution in [2.75, 3.05) is 6.61 Å². The fourth-order valence-electron chi connectivity index (χ4n) is 2.69. The quantitative estimate of drug-likeness (QED) is 0.479. The van der Waals surface area contributed by atoms with Gasteiger partial charge in [-0.05, 0) is 99.9 Å². The number of aliphatic imine (C=N–C) groups is 1. The summed E-state index contributed by atoms with van der Waals surface area (Å²) in [7, 11) is 0. The third-order valence-corrected chi connectivity index (χ3v) is 5.29. The van der Waals surface area contributed by atoms with Crippen molar-refractivity contribution in [1.29, 1.82) is 0 Å². The number of hydrogen-bond acceptors (Lipinski definition) is 5. The van der Waals surface area contributed by atoms with Crippen LogP contribution in [0.15, 0.2) is 26.5 Å². The molecular formula is C21H29BrN2O3S. The number of carbonyl (C=O) groups is 1. The van der Waals surface area contributed by atoms with Crippen LogP contribution in [-0.2, 0) is 4.79 Å². The summed E-state index contributed by atoms with van der Waals surface area (Å²) in [6, 6.07) is 4.03. The van der Waals surface area contributed by atoms with Crippen molar-refractivity contribution < 1.29 is 14.3 Å². The van der Waals surface area contributed by atoms with Crippen LogP contribution in [0.4, 0.5) is 0 Å². The Kier molecular flexibility index (Phi) is 8.01. The first-order chi connectivity index (χ1) is 13.1. The van der Waals surface area contributed by atoms with Crippen LogP contribution in [0.5, 0.6) is 11.5 Å². The third-order valence-electron chi connectivity index (χ3n) is 3.70. The van der Waals surface area contributed by atoms with E-state index in [-0.39, 0.29) is 24.1 Å². The molecule has 0 saturated carbocycles. The maximum absolute atomic E-state index is 12.9. The van der Waals surface area contributed by atoms with Crippen LogP contribution >= 0.6 is 27.7 Å². The Hall–Kier alpha value is -1.47. The zero-order valence-corrected chi connectivity index (χ0v) is 20.0. The lowest BCUT2D eigenvalue weighted by molar-refractivity contribution is -0.123. The molecule has 0 atom stereocenters. The van der Waals surface area contributed by atoms with Gasteiger partial charge < -0.3 is 9.47 Å². The zero-order chi connectivity index (χ0) is 21.0. The minimum Gasteiger partial charge on any atom is -0.490 e. The fourth-order valence-corrected chi connectivity index (χ4v) is 4.47. The molecule has 1 aromatic carbocycles. The molecule has 1 saturated heterocycles. The van der Waals surface area contributed by atoms with E-state index in [1.54, 1.807) is 4.90 Å². The van der Waals surface area contributed by atoms with Crippen molar-refractivity contribution >= 4 is 44.8 Å². The highest BCUT2D eigenvalue weighted by molar-refractivity contribution is 9.10. The summed E-state index contributed by atoms with van der Waals surface area (Å²) in [5.74, 6) is 1.32. The molecule has 154 valence electrons. The Bertz CT molecular complexity index is 788. The normalized spacial score (nSPS) is 17.7. The van der Waals surface area contributed by atoms with Crippen molar-refractivity contribution in [1.82, 2.24) is 4.90 Å². The van der Waals surface area contributed by atoms with Crippen molar-refractivity contribution in [2.45, 2.75) is 66.7 Å². The van der Waals surface area contributed by atoms with E-state index in [1.807, 2.05) is 66.7 Å². The van der Waals surface area contributed by atoms with Crippen molar-refractivity contribution in [3.05, 3.63) is 27.1 Å². The second-order valence-electron chi connectivity index (χ2n) is 7.31. The van der Waals surface area contributed by atoms with Crippen molar-refractivity contribution in [3.8, 4) is 11.5 Å². The van der Waals surface area contributed by atoms with Gasteiger partial charge in [-0.1, -0.05) is 0 Å². The smallest absolute Gasteiger partial charge is 0.266 e. The van der Waals surface area contributed by atoms with Crippen LogP contribution in [0.1, 0.15) is 54.0 Å². The average molecular weight is 469 g/mol. The number of amidine groups is 1. The first-order valence-electron chi connectivity index (χ1n) is 9.57. The monoisotopic (exact) mass is 468 g/mol. The lowest BCUT2D eigenvalue weighted by Gasteiger charge is -2.20. The van der Waals surface area contributed by atoms with Crippen LogP contribution in [0.2, 0.25) is 0 Å². The predicted molar refractivity (Wildman–Crippen MR) is 121 cm³/mol. The standard InChI is InChI=1S/C21H29BrN2O3S/c1-8-26-17-10-15(9-16(22)19(17)27-14(6)7)11-18-20(25)24(13(4)5)21(28-18)23-12(2)3/h9-14H,8H2,1-7H3/b18-11+,23-21?. The van der Waals surface area contributed by atoms with Crippen LogP contribution in [0.3, 0.4) is 0 Å². The molecule has 2 rings (SSSR count). The minimum absolute atomic E-state index is 0.0176. The van der Waals surface area contributed by atoms with Crippen LogP contribution in [-0.4, -0.2) is 40.8 Å². The summed E-state index contributed by atoms with van der Waals surface area (Å²) in [6.45, 7) is 14.4. The predicted octanol–water partition coefficient (Wildman–Crippen LogP) is 5.72. The first kappa shape index (κ1) is 22.8. The van der Waals surface area contributed by atoms with E-state index >= 15 is 0 Å². The highest BCUT2D eigenvalue weighted by atomic mass is 79.9. The highest BCUT2D eigenvalue weighted by Gasteiger charge is 2.35. The number of nitrogens with zero attached hydrogens (tertiary/aromatic N) is 2. The van der Waals surface area contributed by atoms with E-state index in [9.17, 15) is 4.79 Å². The lowest BCUT2D eigenvalue weighted by Crippen LogP contribution is -2.35. The summed E-state index contributed by atoms with van der Waals surface area (Å²) < 4.78 is 12.5. The minimum atomic E-state index is -0.0176. The molecule has 0 spiro atoms. The number of benzene rings is 1. The molecular weight excluding hydrogens is 440 g/mol. The Morgan fingerprint density at radius 2 is 1.89 bits per heavy atom. The van der Waals surface area contributed by atoms with E-state index in [4.69, 9.17) is 9.47 Å². The third kappa shape index (κ3) is 5.54. The molecule has 1 aliphatic heterocycles. The lowest BCUT2D eigenvalue weighted by atomic mass is 10.1. The summed E-state index contributed by atoms with van der Waals surface area (Å²) in [6.07, 6.45) is 1.92. The molecule has 1 fully saturated rings. The molecule has 0 N–H and O–H groups in total. The van der Waals surface area contributed by atoms with Crippen LogP contribution < -0.4 is 9.47 Å². The van der Waals surface area contributed by atoms with Gasteiger partial charge in [0.2, 0.25) is 0 Å². The number of ether oxygens (including phenoxy) is 2. The van der Waals surface area contributed by atoms with Gasteiger partial charge in [-0.15, -0.1) is 0 Å². The van der Waals surface area contributed by atoms with Crippen LogP contribution in [0, 0.1) is 0 Å². The van der Waals surface area contributed by atoms with Gasteiger partial charge in [-0.25, -0.2) is 0 Å². The molecule has 1 amide bonds. The Labute approximate surface area is 180 Å². The summed E-state index contributed by atoms with van der Waals surface area (Å²) >= 11 is 5.00. The number of amides is 1. The van der Waals surface area contributed by atoms with E-state index in [2.05, 4.69) is 20.9 Å². The van der Waals surface area contributed by atoms with Crippen LogP contribution in [0.25, 0.3) is 6.08 Å². The Balaban J connectivity index is 2.45.